The van der Waals surface area contributed by atoms with Gasteiger partial charge in [-0.05, 0) is 19.9 Å². The molecular weight excluding hydrogens is 258 g/mol. The Morgan fingerprint density at radius 3 is 2.55 bits per heavy atom. The lowest BCUT2D eigenvalue weighted by Crippen LogP contribution is -2.15. The Morgan fingerprint density at radius 2 is 1.85 bits per heavy atom. The van der Waals surface area contributed by atoms with Gasteiger partial charge >= 0.3 is 5.97 Å². The van der Waals surface area contributed by atoms with Crippen LogP contribution in [0.1, 0.15) is 32.3 Å². The van der Waals surface area contributed by atoms with Crippen molar-refractivity contribution in [2.45, 2.75) is 33.3 Å². The van der Waals surface area contributed by atoms with Gasteiger partial charge in [0.05, 0.1) is 19.6 Å². The summed E-state index contributed by atoms with van der Waals surface area (Å²) in [6.07, 6.45) is 0.203. The summed E-state index contributed by atoms with van der Waals surface area (Å²) in [6.45, 7) is 5.05. The van der Waals surface area contributed by atoms with E-state index in [1.54, 1.807) is 6.92 Å². The minimum atomic E-state index is -0.356. The van der Waals surface area contributed by atoms with E-state index in [4.69, 9.17) is 9.47 Å². The molecule has 0 heterocycles. The molecule has 0 aliphatic rings. The van der Waals surface area contributed by atoms with E-state index < -0.39 is 0 Å². The minimum Gasteiger partial charge on any atom is -0.466 e. The maximum atomic E-state index is 11.8. The average Bonchev–Trinajstić information content (AvgIpc) is 2.44. The van der Waals surface area contributed by atoms with Crippen molar-refractivity contribution in [3.05, 3.63) is 29.8 Å². The van der Waals surface area contributed by atoms with Crippen LogP contribution in [0.4, 0.5) is 5.69 Å². The topological polar surface area (TPSA) is 64.6 Å². The van der Waals surface area contributed by atoms with Crippen molar-refractivity contribution < 1.29 is 19.1 Å². The first-order valence-corrected chi connectivity index (χ1v) is 6.78. The Balaban J connectivity index is 2.50. The van der Waals surface area contributed by atoms with Gasteiger partial charge in [-0.3, -0.25) is 9.59 Å². The second-order valence-electron chi connectivity index (χ2n) is 4.15. The molecule has 20 heavy (non-hydrogen) atoms. The first-order chi connectivity index (χ1) is 9.67. The van der Waals surface area contributed by atoms with Crippen molar-refractivity contribution in [3.8, 4) is 0 Å². The van der Waals surface area contributed by atoms with Crippen LogP contribution >= 0.6 is 0 Å². The summed E-state index contributed by atoms with van der Waals surface area (Å²) < 4.78 is 10.1. The van der Waals surface area contributed by atoms with Gasteiger partial charge in [0.1, 0.15) is 0 Å². The number of hydrogen-bond acceptors (Lipinski definition) is 4. The zero-order chi connectivity index (χ0) is 14.8. The standard InChI is InChI=1S/C15H21NO4/c1-3-19-11-12-7-5-6-8-13(12)16-14(17)9-10-15(18)20-4-2/h5-8H,3-4,9-11H2,1-2H3,(H,16,17). The second kappa shape index (κ2) is 9.09. The summed E-state index contributed by atoms with van der Waals surface area (Å²) in [7, 11) is 0. The fourth-order valence-electron chi connectivity index (χ4n) is 1.64. The van der Waals surface area contributed by atoms with E-state index in [0.29, 0.717) is 19.8 Å². The highest BCUT2D eigenvalue weighted by Crippen LogP contribution is 2.16. The Hall–Kier alpha value is -1.88. The van der Waals surface area contributed by atoms with Gasteiger partial charge in [-0.1, -0.05) is 18.2 Å². The van der Waals surface area contributed by atoms with Gasteiger partial charge in [-0.15, -0.1) is 0 Å². The normalized spacial score (nSPS) is 10.1. The predicted molar refractivity (Wildman–Crippen MR) is 76.3 cm³/mol. The third-order valence-corrected chi connectivity index (χ3v) is 2.61. The molecule has 1 amide bonds. The predicted octanol–water partition coefficient (Wildman–Crippen LogP) is 2.50. The fourth-order valence-corrected chi connectivity index (χ4v) is 1.64. The SMILES string of the molecule is CCOCc1ccccc1NC(=O)CCC(=O)OCC. The van der Waals surface area contributed by atoms with Crippen LogP contribution in [-0.2, 0) is 25.7 Å². The maximum absolute atomic E-state index is 11.8. The zero-order valence-corrected chi connectivity index (χ0v) is 12.0. The monoisotopic (exact) mass is 279 g/mol. The van der Waals surface area contributed by atoms with E-state index in [1.165, 1.54) is 0 Å². The van der Waals surface area contributed by atoms with Gasteiger partial charge in [-0.25, -0.2) is 0 Å². The molecule has 0 radical (unpaired) electrons. The number of anilines is 1. The van der Waals surface area contributed by atoms with Crippen LogP contribution in [0.3, 0.4) is 0 Å². The molecule has 110 valence electrons. The van der Waals surface area contributed by atoms with Crippen LogP contribution in [0.25, 0.3) is 0 Å². The number of amides is 1. The lowest BCUT2D eigenvalue weighted by molar-refractivity contribution is -0.144. The molecule has 1 aromatic rings. The summed E-state index contributed by atoms with van der Waals surface area (Å²) in [5.41, 5.74) is 1.63. The van der Waals surface area contributed by atoms with Gasteiger partial charge in [0, 0.05) is 24.3 Å². The highest BCUT2D eigenvalue weighted by atomic mass is 16.5. The fraction of sp³-hybridized carbons (Fsp3) is 0.467. The van der Waals surface area contributed by atoms with Gasteiger partial charge in [-0.2, -0.15) is 0 Å². The summed E-state index contributed by atoms with van der Waals surface area (Å²) in [5, 5.41) is 2.79. The number of para-hydroxylation sites is 1. The summed E-state index contributed by atoms with van der Waals surface area (Å²) in [4.78, 5) is 23.0. The number of esters is 1. The first-order valence-electron chi connectivity index (χ1n) is 6.78. The number of nitrogens with one attached hydrogen (secondary N) is 1. The molecule has 0 aromatic heterocycles. The lowest BCUT2D eigenvalue weighted by Gasteiger charge is -2.10. The molecule has 0 unspecified atom stereocenters. The van der Waals surface area contributed by atoms with E-state index in [0.717, 1.165) is 11.3 Å². The number of carbonyl (C=O) groups excluding carboxylic acids is 2. The number of carbonyl (C=O) groups is 2. The Morgan fingerprint density at radius 1 is 1.10 bits per heavy atom. The molecule has 0 spiro atoms. The van der Waals surface area contributed by atoms with Gasteiger partial charge in [0.2, 0.25) is 5.91 Å². The minimum absolute atomic E-state index is 0.0906. The Labute approximate surface area is 119 Å². The summed E-state index contributed by atoms with van der Waals surface area (Å²) in [6, 6.07) is 7.45. The lowest BCUT2D eigenvalue weighted by atomic mass is 10.2. The summed E-state index contributed by atoms with van der Waals surface area (Å²) in [5.74, 6) is -0.563. The van der Waals surface area contributed by atoms with Crippen molar-refractivity contribution in [2.75, 3.05) is 18.5 Å². The maximum Gasteiger partial charge on any atom is 0.306 e. The van der Waals surface area contributed by atoms with E-state index in [1.807, 2.05) is 31.2 Å². The van der Waals surface area contributed by atoms with Crippen LogP contribution in [0, 0.1) is 0 Å². The third-order valence-electron chi connectivity index (χ3n) is 2.61. The number of hydrogen-bond donors (Lipinski definition) is 1. The van der Waals surface area contributed by atoms with Crippen molar-refractivity contribution in [3.63, 3.8) is 0 Å². The van der Waals surface area contributed by atoms with Crippen molar-refractivity contribution in [1.29, 1.82) is 0 Å². The molecule has 5 nitrogen and oxygen atoms in total. The van der Waals surface area contributed by atoms with E-state index in [9.17, 15) is 9.59 Å². The molecule has 0 saturated carbocycles. The Kier molecular flexibility index (Phi) is 7.35. The van der Waals surface area contributed by atoms with E-state index in [-0.39, 0.29) is 24.7 Å². The summed E-state index contributed by atoms with van der Waals surface area (Å²) >= 11 is 0. The smallest absolute Gasteiger partial charge is 0.306 e. The average molecular weight is 279 g/mol. The number of ether oxygens (including phenoxy) is 2. The molecule has 0 fully saturated rings. The quantitative estimate of drug-likeness (QED) is 0.743. The third kappa shape index (κ3) is 5.84. The molecule has 1 N–H and O–H groups in total. The van der Waals surface area contributed by atoms with Gasteiger partial charge in [0.15, 0.2) is 0 Å². The van der Waals surface area contributed by atoms with Crippen molar-refractivity contribution in [2.24, 2.45) is 0 Å². The van der Waals surface area contributed by atoms with Crippen LogP contribution in [0.15, 0.2) is 24.3 Å². The molecule has 1 aromatic carbocycles. The van der Waals surface area contributed by atoms with Crippen LogP contribution in [-0.4, -0.2) is 25.1 Å². The van der Waals surface area contributed by atoms with Gasteiger partial charge in [0.25, 0.3) is 0 Å². The molecule has 0 aliphatic carbocycles. The van der Waals surface area contributed by atoms with Crippen LogP contribution in [0.5, 0.6) is 0 Å². The van der Waals surface area contributed by atoms with Crippen molar-refractivity contribution >= 4 is 17.6 Å². The molecule has 0 atom stereocenters. The highest BCUT2D eigenvalue weighted by molar-refractivity contribution is 5.93. The molecular formula is C15H21NO4. The molecule has 0 saturated heterocycles. The molecule has 0 aliphatic heterocycles. The van der Waals surface area contributed by atoms with E-state index in [2.05, 4.69) is 5.32 Å². The largest absolute Gasteiger partial charge is 0.466 e. The molecule has 5 heteroatoms. The second-order valence-corrected chi connectivity index (χ2v) is 4.15. The molecule has 0 bridgehead atoms. The number of benzene rings is 1. The van der Waals surface area contributed by atoms with E-state index >= 15 is 0 Å². The van der Waals surface area contributed by atoms with Gasteiger partial charge < -0.3 is 14.8 Å². The van der Waals surface area contributed by atoms with Crippen LogP contribution in [0.2, 0.25) is 0 Å². The first kappa shape index (κ1) is 16.2. The van der Waals surface area contributed by atoms with Crippen LogP contribution < -0.4 is 5.32 Å². The van der Waals surface area contributed by atoms with Crippen molar-refractivity contribution in [1.82, 2.24) is 0 Å². The zero-order valence-electron chi connectivity index (χ0n) is 12.0. The number of rotatable bonds is 8. The Bertz CT molecular complexity index is 445. The molecule has 1 rings (SSSR count). The highest BCUT2D eigenvalue weighted by Gasteiger charge is 2.09.